The number of halogens is 1. The van der Waals surface area contributed by atoms with E-state index in [2.05, 4.69) is 30.6 Å². The first-order chi connectivity index (χ1) is 10.2. The average Bonchev–Trinajstić information content (AvgIpc) is 2.88. The second-order valence-corrected chi connectivity index (χ2v) is 5.79. The molecule has 0 aliphatic carbocycles. The summed E-state index contributed by atoms with van der Waals surface area (Å²) in [6.07, 6.45) is 0. The number of aromatic nitrogens is 2. The molecule has 1 aromatic heterocycles. The van der Waals surface area contributed by atoms with Crippen molar-refractivity contribution in [3.05, 3.63) is 57.4 Å². The SMILES string of the molecule is CC.O=c1[nH]c2ccc(NSc3ccc(Br)cc3)cc2[nH]1. The van der Waals surface area contributed by atoms with Crippen LogP contribution in [0.2, 0.25) is 0 Å². The fourth-order valence-electron chi connectivity index (χ4n) is 1.72. The minimum absolute atomic E-state index is 0.187. The van der Waals surface area contributed by atoms with Crippen molar-refractivity contribution in [3.63, 3.8) is 0 Å². The third-order valence-electron chi connectivity index (χ3n) is 2.62. The van der Waals surface area contributed by atoms with Gasteiger partial charge in [0.05, 0.1) is 11.0 Å². The molecule has 3 aromatic rings. The van der Waals surface area contributed by atoms with Crippen molar-refractivity contribution in [1.82, 2.24) is 9.97 Å². The Bertz CT molecular complexity index is 764. The number of rotatable bonds is 3. The average molecular weight is 366 g/mol. The number of benzene rings is 2. The van der Waals surface area contributed by atoms with Gasteiger partial charge in [0, 0.05) is 15.1 Å². The van der Waals surface area contributed by atoms with Crippen LogP contribution in [0, 0.1) is 0 Å². The summed E-state index contributed by atoms with van der Waals surface area (Å²) in [7, 11) is 0. The van der Waals surface area contributed by atoms with Crippen LogP contribution >= 0.6 is 27.9 Å². The molecule has 0 bridgehead atoms. The predicted molar refractivity (Wildman–Crippen MR) is 93.9 cm³/mol. The van der Waals surface area contributed by atoms with E-state index in [1.165, 1.54) is 11.9 Å². The molecule has 0 fully saturated rings. The number of aromatic amines is 2. The van der Waals surface area contributed by atoms with Crippen LogP contribution in [0.5, 0.6) is 0 Å². The Hall–Kier alpha value is -1.66. The lowest BCUT2D eigenvalue weighted by atomic mass is 10.3. The summed E-state index contributed by atoms with van der Waals surface area (Å²) in [4.78, 5) is 17.7. The minimum atomic E-state index is -0.187. The van der Waals surface area contributed by atoms with Gasteiger partial charge in [-0.2, -0.15) is 0 Å². The second-order valence-electron chi connectivity index (χ2n) is 4.00. The fraction of sp³-hybridized carbons (Fsp3) is 0.133. The quantitative estimate of drug-likeness (QED) is 0.586. The molecule has 21 heavy (non-hydrogen) atoms. The maximum atomic E-state index is 11.2. The number of fused-ring (bicyclic) bond motifs is 1. The van der Waals surface area contributed by atoms with Crippen molar-refractivity contribution in [3.8, 4) is 0 Å². The van der Waals surface area contributed by atoms with E-state index < -0.39 is 0 Å². The number of imidazole rings is 1. The van der Waals surface area contributed by atoms with E-state index in [9.17, 15) is 4.79 Å². The van der Waals surface area contributed by atoms with Gasteiger partial charge in [0.25, 0.3) is 0 Å². The molecular weight excluding hydrogens is 350 g/mol. The summed E-state index contributed by atoms with van der Waals surface area (Å²) in [6, 6.07) is 13.7. The molecule has 0 spiro atoms. The first kappa shape index (κ1) is 15.7. The van der Waals surface area contributed by atoms with Gasteiger partial charge < -0.3 is 14.7 Å². The van der Waals surface area contributed by atoms with Gasteiger partial charge in [0.1, 0.15) is 0 Å². The number of anilines is 1. The first-order valence-corrected chi connectivity index (χ1v) is 8.22. The van der Waals surface area contributed by atoms with E-state index in [-0.39, 0.29) is 5.69 Å². The molecule has 0 aliphatic heterocycles. The highest BCUT2D eigenvalue weighted by molar-refractivity contribution is 9.10. The molecule has 4 nitrogen and oxygen atoms in total. The van der Waals surface area contributed by atoms with Gasteiger partial charge >= 0.3 is 5.69 Å². The van der Waals surface area contributed by atoms with Crippen LogP contribution in [0.25, 0.3) is 11.0 Å². The number of H-pyrrole nitrogens is 2. The van der Waals surface area contributed by atoms with Gasteiger partial charge in [0.2, 0.25) is 0 Å². The smallest absolute Gasteiger partial charge is 0.323 e. The molecule has 0 amide bonds. The summed E-state index contributed by atoms with van der Waals surface area (Å²) >= 11 is 4.93. The Morgan fingerprint density at radius 3 is 2.38 bits per heavy atom. The first-order valence-electron chi connectivity index (χ1n) is 6.61. The Morgan fingerprint density at radius 1 is 1.00 bits per heavy atom. The van der Waals surface area contributed by atoms with Gasteiger partial charge in [-0.15, -0.1) is 0 Å². The molecule has 0 saturated carbocycles. The minimum Gasteiger partial charge on any atom is -0.326 e. The van der Waals surface area contributed by atoms with E-state index in [0.29, 0.717) is 0 Å². The summed E-state index contributed by atoms with van der Waals surface area (Å²) in [5.74, 6) is 0. The standard InChI is InChI=1S/C13H10BrN3OS.C2H6/c14-8-1-4-10(5-2-8)19-17-9-3-6-11-12(7-9)16-13(18)15-11;1-2/h1-7,17H,(H2,15,16,18);1-2H3. The zero-order chi connectivity index (χ0) is 15.2. The summed E-state index contributed by atoms with van der Waals surface area (Å²) in [6.45, 7) is 4.00. The lowest BCUT2D eigenvalue weighted by molar-refractivity contribution is 1.22. The Kier molecular flexibility index (Phi) is 5.52. The van der Waals surface area contributed by atoms with Crippen LogP contribution in [0.1, 0.15) is 13.8 Å². The lowest BCUT2D eigenvalue weighted by Gasteiger charge is -2.05. The van der Waals surface area contributed by atoms with Crippen molar-refractivity contribution in [2.24, 2.45) is 0 Å². The fourth-order valence-corrected chi connectivity index (χ4v) is 2.62. The van der Waals surface area contributed by atoms with Gasteiger partial charge in [-0.1, -0.05) is 29.8 Å². The third kappa shape index (κ3) is 4.15. The molecule has 0 aliphatic rings. The monoisotopic (exact) mass is 365 g/mol. The molecule has 0 radical (unpaired) electrons. The van der Waals surface area contributed by atoms with Gasteiger partial charge in [-0.05, 0) is 54.4 Å². The van der Waals surface area contributed by atoms with Crippen molar-refractivity contribution in [1.29, 1.82) is 0 Å². The second kappa shape index (κ2) is 7.38. The maximum Gasteiger partial charge on any atom is 0.323 e. The van der Waals surface area contributed by atoms with E-state index in [1.54, 1.807) is 0 Å². The third-order valence-corrected chi connectivity index (χ3v) is 3.99. The van der Waals surface area contributed by atoms with Crippen molar-refractivity contribution in [2.45, 2.75) is 18.7 Å². The van der Waals surface area contributed by atoms with Crippen molar-refractivity contribution >= 4 is 44.6 Å². The Balaban J connectivity index is 0.000000774. The topological polar surface area (TPSA) is 60.7 Å². The highest BCUT2D eigenvalue weighted by Gasteiger charge is 2.00. The highest BCUT2D eigenvalue weighted by atomic mass is 79.9. The summed E-state index contributed by atoms with van der Waals surface area (Å²) in [5.41, 5.74) is 2.36. The summed E-state index contributed by atoms with van der Waals surface area (Å²) in [5, 5.41) is 0. The van der Waals surface area contributed by atoms with Crippen LogP contribution < -0.4 is 10.4 Å². The molecular formula is C15H16BrN3OS. The number of hydrogen-bond acceptors (Lipinski definition) is 3. The molecule has 0 saturated heterocycles. The Labute approximate surface area is 135 Å². The molecule has 6 heteroatoms. The van der Waals surface area contributed by atoms with Crippen LogP contribution in [0.15, 0.2) is 56.6 Å². The number of nitrogens with one attached hydrogen (secondary N) is 3. The molecule has 0 unspecified atom stereocenters. The zero-order valence-corrected chi connectivity index (χ0v) is 14.1. The molecule has 2 aromatic carbocycles. The number of hydrogen-bond donors (Lipinski definition) is 3. The van der Waals surface area contributed by atoms with Crippen LogP contribution in [-0.4, -0.2) is 9.97 Å². The lowest BCUT2D eigenvalue weighted by Crippen LogP contribution is -1.99. The normalized spacial score (nSPS) is 10.0. The van der Waals surface area contributed by atoms with Gasteiger partial charge in [-0.3, -0.25) is 0 Å². The molecule has 1 heterocycles. The van der Waals surface area contributed by atoms with E-state index in [0.717, 1.165) is 26.1 Å². The van der Waals surface area contributed by atoms with Crippen molar-refractivity contribution < 1.29 is 0 Å². The largest absolute Gasteiger partial charge is 0.326 e. The van der Waals surface area contributed by atoms with Gasteiger partial charge in [-0.25, -0.2) is 4.79 Å². The molecule has 110 valence electrons. The molecule has 0 atom stereocenters. The summed E-state index contributed by atoms with van der Waals surface area (Å²) < 4.78 is 4.31. The highest BCUT2D eigenvalue weighted by Crippen LogP contribution is 2.24. The van der Waals surface area contributed by atoms with Crippen LogP contribution in [-0.2, 0) is 0 Å². The van der Waals surface area contributed by atoms with E-state index >= 15 is 0 Å². The van der Waals surface area contributed by atoms with E-state index in [4.69, 9.17) is 0 Å². The van der Waals surface area contributed by atoms with Gasteiger partial charge in [0.15, 0.2) is 0 Å². The van der Waals surface area contributed by atoms with Crippen LogP contribution in [0.3, 0.4) is 0 Å². The predicted octanol–water partition coefficient (Wildman–Crippen LogP) is 4.76. The van der Waals surface area contributed by atoms with Crippen LogP contribution in [0.4, 0.5) is 5.69 Å². The Morgan fingerprint density at radius 2 is 1.67 bits per heavy atom. The van der Waals surface area contributed by atoms with Crippen molar-refractivity contribution in [2.75, 3.05) is 4.72 Å². The maximum absolute atomic E-state index is 11.2. The molecule has 3 rings (SSSR count). The molecule has 3 N–H and O–H groups in total. The zero-order valence-electron chi connectivity index (χ0n) is 11.7. The van der Waals surface area contributed by atoms with E-state index in [1.807, 2.05) is 56.3 Å².